The van der Waals surface area contributed by atoms with Gasteiger partial charge < -0.3 is 18.9 Å². The highest BCUT2D eigenvalue weighted by molar-refractivity contribution is 8.26. The van der Waals surface area contributed by atoms with E-state index in [4.69, 9.17) is 18.9 Å². The van der Waals surface area contributed by atoms with Crippen LogP contribution in [-0.2, 0) is 19.1 Å². The van der Waals surface area contributed by atoms with Crippen LogP contribution in [0.15, 0.2) is 39.2 Å². The highest BCUT2D eigenvalue weighted by Gasteiger charge is 2.40. The number of nitriles is 2. The minimum atomic E-state index is -0.611. The average molecular weight is 873 g/mol. The smallest absolute Gasteiger partial charge is 0.350 e. The second-order valence-electron chi connectivity index (χ2n) is 15.4. The zero-order chi connectivity index (χ0) is 42.5. The van der Waals surface area contributed by atoms with E-state index in [1.165, 1.54) is 47.0 Å². The number of rotatable bonds is 28. The summed E-state index contributed by atoms with van der Waals surface area (Å²) in [4.78, 5) is 30.3. The molecule has 0 saturated carbocycles. The van der Waals surface area contributed by atoms with Crippen LogP contribution in [0.5, 0.6) is 11.5 Å². The van der Waals surface area contributed by atoms with E-state index in [1.54, 1.807) is 0 Å². The standard InChI is InChI=1S/C46H68N2O6S4/c1-9-17-21-31(13-5)27-51-37-39-41(57-45(55-39)35(25-47)43(49)53-29-33(15-7)23-19-11-3)38(52-28-32(14-6)22-18-10-2)42-40(37)56-46(58-42)36(26-48)44(50)54-30-34(16-8)24-20-12-4/h31-34H,9-24,27-30H2,1-8H3. The van der Waals surface area contributed by atoms with Crippen molar-refractivity contribution < 1.29 is 28.5 Å². The normalized spacial score (nSPS) is 15.1. The van der Waals surface area contributed by atoms with E-state index < -0.39 is 11.9 Å². The Morgan fingerprint density at radius 1 is 0.483 bits per heavy atom. The fourth-order valence-corrected chi connectivity index (χ4v) is 12.1. The van der Waals surface area contributed by atoms with Crippen molar-refractivity contribution in [1.82, 2.24) is 0 Å². The predicted octanol–water partition coefficient (Wildman–Crippen LogP) is 14.3. The van der Waals surface area contributed by atoms with Crippen LogP contribution >= 0.6 is 47.0 Å². The molecule has 4 unspecified atom stereocenters. The van der Waals surface area contributed by atoms with Crippen molar-refractivity contribution >= 4 is 59.0 Å². The van der Waals surface area contributed by atoms with E-state index in [0.717, 1.165) is 122 Å². The van der Waals surface area contributed by atoms with E-state index in [0.29, 0.717) is 45.0 Å². The van der Waals surface area contributed by atoms with Crippen LogP contribution in [0.3, 0.4) is 0 Å². The van der Waals surface area contributed by atoms with Crippen molar-refractivity contribution in [2.45, 2.75) is 178 Å². The summed E-state index contributed by atoms with van der Waals surface area (Å²) < 4.78 is 26.3. The van der Waals surface area contributed by atoms with Gasteiger partial charge in [0.2, 0.25) is 0 Å². The fourth-order valence-electron chi connectivity index (χ4n) is 6.74. The Hall–Kier alpha value is -2.38. The van der Waals surface area contributed by atoms with Gasteiger partial charge in [0.25, 0.3) is 0 Å². The molecule has 2 aliphatic heterocycles. The van der Waals surface area contributed by atoms with Crippen molar-refractivity contribution in [3.8, 4) is 23.6 Å². The second kappa shape index (κ2) is 27.5. The molecule has 322 valence electrons. The summed E-state index contributed by atoms with van der Waals surface area (Å²) >= 11 is 5.40. The third-order valence-corrected chi connectivity index (χ3v) is 16.2. The van der Waals surface area contributed by atoms with E-state index >= 15 is 0 Å². The number of esters is 2. The molecule has 1 aromatic carbocycles. The highest BCUT2D eigenvalue weighted by Crippen LogP contribution is 2.68. The van der Waals surface area contributed by atoms with Crippen LogP contribution < -0.4 is 9.47 Å². The average Bonchev–Trinajstić information content (AvgIpc) is 3.87. The number of thioether (sulfide) groups is 4. The number of nitrogens with zero attached hydrogens (tertiary/aromatic N) is 2. The largest absolute Gasteiger partial charge is 0.491 e. The number of ether oxygens (including phenoxy) is 4. The molecule has 2 heterocycles. The number of unbranched alkanes of at least 4 members (excludes halogenated alkanes) is 4. The molecular formula is C46H68N2O6S4. The van der Waals surface area contributed by atoms with Crippen molar-refractivity contribution in [1.29, 1.82) is 10.5 Å². The van der Waals surface area contributed by atoms with Crippen LogP contribution in [0.25, 0.3) is 0 Å². The minimum absolute atomic E-state index is 0.0166. The molecule has 0 radical (unpaired) electrons. The van der Waals surface area contributed by atoms with Crippen molar-refractivity contribution in [3.05, 3.63) is 19.6 Å². The Balaban J connectivity index is 2.16. The van der Waals surface area contributed by atoms with Gasteiger partial charge in [-0.2, -0.15) is 10.5 Å². The first kappa shape index (κ1) is 50.0. The fraction of sp³-hybridized carbons (Fsp3) is 0.696. The summed E-state index contributed by atoms with van der Waals surface area (Å²) in [7, 11) is 0. The van der Waals surface area contributed by atoms with Crippen LogP contribution in [0, 0.1) is 46.3 Å². The Kier molecular flexibility index (Phi) is 23.7. The maximum absolute atomic E-state index is 13.6. The van der Waals surface area contributed by atoms with Crippen molar-refractivity contribution in [2.75, 3.05) is 26.4 Å². The molecule has 3 rings (SSSR count). The van der Waals surface area contributed by atoms with E-state index in [2.05, 4.69) is 67.5 Å². The lowest BCUT2D eigenvalue weighted by Gasteiger charge is -2.22. The van der Waals surface area contributed by atoms with Crippen LogP contribution in [-0.4, -0.2) is 38.4 Å². The third-order valence-electron chi connectivity index (χ3n) is 11.1. The Bertz CT molecular complexity index is 1490. The second-order valence-corrected chi connectivity index (χ2v) is 20.0. The van der Waals surface area contributed by atoms with E-state index in [9.17, 15) is 20.1 Å². The summed E-state index contributed by atoms with van der Waals surface area (Å²) in [6.07, 6.45) is 16.4. The first-order valence-electron chi connectivity index (χ1n) is 22.0. The zero-order valence-corrected chi connectivity index (χ0v) is 39.7. The molecule has 0 saturated heterocycles. The van der Waals surface area contributed by atoms with Crippen LogP contribution in [0.1, 0.15) is 158 Å². The van der Waals surface area contributed by atoms with Gasteiger partial charge in [-0.1, -0.05) is 179 Å². The van der Waals surface area contributed by atoms with Crippen LogP contribution in [0.4, 0.5) is 0 Å². The topological polar surface area (TPSA) is 119 Å². The summed E-state index contributed by atoms with van der Waals surface area (Å²) in [5.74, 6) is 1.22. The summed E-state index contributed by atoms with van der Waals surface area (Å²) in [6, 6.07) is 4.36. The zero-order valence-electron chi connectivity index (χ0n) is 36.4. The Morgan fingerprint density at radius 2 is 0.759 bits per heavy atom. The predicted molar refractivity (Wildman–Crippen MR) is 241 cm³/mol. The molecule has 12 heteroatoms. The first-order valence-corrected chi connectivity index (χ1v) is 25.3. The number of hydrogen-bond acceptors (Lipinski definition) is 12. The molecule has 0 fully saturated rings. The van der Waals surface area contributed by atoms with Gasteiger partial charge in [0.1, 0.15) is 23.6 Å². The van der Waals surface area contributed by atoms with Crippen molar-refractivity contribution in [3.63, 3.8) is 0 Å². The highest BCUT2D eigenvalue weighted by atomic mass is 32.2. The van der Waals surface area contributed by atoms with Crippen LogP contribution in [0.2, 0.25) is 0 Å². The van der Waals surface area contributed by atoms with Gasteiger partial charge in [0.15, 0.2) is 11.1 Å². The lowest BCUT2D eigenvalue weighted by molar-refractivity contribution is -0.140. The van der Waals surface area contributed by atoms with Gasteiger partial charge in [0.05, 0.1) is 54.5 Å². The maximum atomic E-state index is 13.6. The van der Waals surface area contributed by atoms with E-state index in [1.807, 2.05) is 0 Å². The molecule has 2 aliphatic rings. The minimum Gasteiger partial charge on any atom is -0.491 e. The quantitative estimate of drug-likeness (QED) is 0.0453. The van der Waals surface area contributed by atoms with E-state index in [-0.39, 0.29) is 36.2 Å². The number of benzene rings is 1. The summed E-state index contributed by atoms with van der Waals surface area (Å²) in [5.41, 5.74) is -0.0332. The molecule has 8 nitrogen and oxygen atoms in total. The van der Waals surface area contributed by atoms with Gasteiger partial charge in [0, 0.05) is 0 Å². The lowest BCUT2D eigenvalue weighted by Crippen LogP contribution is -2.15. The summed E-state index contributed by atoms with van der Waals surface area (Å²) in [6.45, 7) is 18.8. The van der Waals surface area contributed by atoms with Gasteiger partial charge in [-0.05, 0) is 49.4 Å². The number of carbonyl (C=O) groups excluding carboxylic acids is 2. The Labute approximate surface area is 367 Å². The lowest BCUT2D eigenvalue weighted by atomic mass is 10.0. The molecule has 0 spiro atoms. The third kappa shape index (κ3) is 14.4. The molecule has 58 heavy (non-hydrogen) atoms. The maximum Gasteiger partial charge on any atom is 0.350 e. The van der Waals surface area contributed by atoms with Crippen molar-refractivity contribution in [2.24, 2.45) is 23.7 Å². The summed E-state index contributed by atoms with van der Waals surface area (Å²) in [5, 5.41) is 20.8. The van der Waals surface area contributed by atoms with Gasteiger partial charge in [-0.15, -0.1) is 0 Å². The monoisotopic (exact) mass is 872 g/mol. The molecule has 0 aliphatic carbocycles. The number of fused-ring (bicyclic) bond motifs is 2. The molecule has 0 bridgehead atoms. The van der Waals surface area contributed by atoms with Gasteiger partial charge in [-0.25, -0.2) is 9.59 Å². The SMILES string of the molecule is CCCCC(CC)COC(=O)C(C#N)=C1Sc2c(OCC(CC)CCCC)c3c(c(OCC(CC)CCCC)c2S1)SC(=C(C#N)C(=O)OCC(CC)CCCC)S3. The molecule has 4 atom stereocenters. The van der Waals surface area contributed by atoms with Gasteiger partial charge in [-0.3, -0.25) is 0 Å². The Morgan fingerprint density at radius 3 is 1.00 bits per heavy atom. The number of carbonyl (C=O) groups is 2. The molecule has 0 aromatic heterocycles. The molecular weight excluding hydrogens is 805 g/mol. The first-order chi connectivity index (χ1) is 28.2. The molecule has 0 amide bonds. The molecule has 1 aromatic rings. The molecule has 0 N–H and O–H groups in total. The number of hydrogen-bond donors (Lipinski definition) is 0. The van der Waals surface area contributed by atoms with Gasteiger partial charge >= 0.3 is 11.9 Å².